The Labute approximate surface area is 221 Å². The van der Waals surface area contributed by atoms with Gasteiger partial charge in [-0.15, -0.1) is 0 Å². The van der Waals surface area contributed by atoms with Crippen LogP contribution in [0.25, 0.3) is 0 Å². The molecule has 0 aliphatic carbocycles. The van der Waals surface area contributed by atoms with E-state index in [1.54, 1.807) is 25.1 Å². The quantitative estimate of drug-likeness (QED) is 0.401. The number of carbonyl (C=O) groups is 1. The van der Waals surface area contributed by atoms with E-state index in [-0.39, 0.29) is 16.3 Å². The number of nitrogens with zero attached hydrogens (tertiary/aromatic N) is 2. The first kappa shape index (κ1) is 28.0. The van der Waals surface area contributed by atoms with Gasteiger partial charge in [0.15, 0.2) is 0 Å². The first-order valence-electron chi connectivity index (χ1n) is 10.9. The van der Waals surface area contributed by atoms with Crippen molar-refractivity contribution in [2.75, 3.05) is 26.0 Å². The van der Waals surface area contributed by atoms with Crippen molar-refractivity contribution in [3.05, 3.63) is 87.9 Å². The summed E-state index contributed by atoms with van der Waals surface area (Å²) < 4.78 is 54.9. The fourth-order valence-corrected chi connectivity index (χ4v) is 5.91. The standard InChI is InChI=1S/C25H28BrN3O5S2/c1-18-5-8-20(9-6-18)16-29(36(33,34)22-13-10-21(26)11-14-22)17-25(30)27-24-15-23(12-7-19(24)2)35(31,32)28(3)4/h5-15H,16-17H2,1-4H3,(H,27,30). The smallest absolute Gasteiger partial charge is 0.243 e. The van der Waals surface area contributed by atoms with Gasteiger partial charge in [0.05, 0.1) is 16.3 Å². The fourth-order valence-electron chi connectivity index (χ4n) is 3.34. The molecule has 0 aliphatic heterocycles. The van der Waals surface area contributed by atoms with Crippen molar-refractivity contribution in [1.82, 2.24) is 8.61 Å². The van der Waals surface area contributed by atoms with Crippen LogP contribution in [0.1, 0.15) is 16.7 Å². The second-order valence-electron chi connectivity index (χ2n) is 8.52. The zero-order valence-electron chi connectivity index (χ0n) is 20.4. The SMILES string of the molecule is Cc1ccc(CN(CC(=O)Nc2cc(S(=O)(=O)N(C)C)ccc2C)S(=O)(=O)c2ccc(Br)cc2)cc1. The second kappa shape index (κ2) is 11.2. The Morgan fingerprint density at radius 2 is 1.42 bits per heavy atom. The predicted octanol–water partition coefficient (Wildman–Crippen LogP) is 4.15. The number of aryl methyl sites for hydroxylation is 2. The summed E-state index contributed by atoms with van der Waals surface area (Å²) in [6.45, 7) is 3.18. The van der Waals surface area contributed by atoms with Gasteiger partial charge in [0.2, 0.25) is 26.0 Å². The summed E-state index contributed by atoms with van der Waals surface area (Å²) in [4.78, 5) is 13.1. The average Bonchev–Trinajstić information content (AvgIpc) is 2.81. The van der Waals surface area contributed by atoms with Crippen molar-refractivity contribution in [3.8, 4) is 0 Å². The van der Waals surface area contributed by atoms with E-state index in [0.29, 0.717) is 11.3 Å². The third-order valence-corrected chi connectivity index (χ3v) is 9.66. The molecule has 36 heavy (non-hydrogen) atoms. The van der Waals surface area contributed by atoms with Crippen molar-refractivity contribution in [2.24, 2.45) is 0 Å². The molecule has 3 aromatic carbocycles. The number of hydrogen-bond donors (Lipinski definition) is 1. The van der Waals surface area contributed by atoms with Gasteiger partial charge in [0.25, 0.3) is 0 Å². The van der Waals surface area contributed by atoms with Crippen LogP contribution in [-0.4, -0.2) is 52.0 Å². The average molecular weight is 595 g/mol. The van der Waals surface area contributed by atoms with Crippen molar-refractivity contribution in [2.45, 2.75) is 30.2 Å². The summed E-state index contributed by atoms with van der Waals surface area (Å²) in [5.41, 5.74) is 2.69. The molecule has 8 nitrogen and oxygen atoms in total. The summed E-state index contributed by atoms with van der Waals surface area (Å²) in [5, 5.41) is 2.68. The first-order chi connectivity index (χ1) is 16.8. The fraction of sp³-hybridized carbons (Fsp3) is 0.240. The lowest BCUT2D eigenvalue weighted by molar-refractivity contribution is -0.116. The molecule has 0 saturated carbocycles. The van der Waals surface area contributed by atoms with Gasteiger partial charge in [-0.25, -0.2) is 21.1 Å². The monoisotopic (exact) mass is 593 g/mol. The number of halogens is 1. The van der Waals surface area contributed by atoms with Crippen LogP contribution in [0.4, 0.5) is 5.69 Å². The molecule has 0 atom stereocenters. The van der Waals surface area contributed by atoms with Gasteiger partial charge < -0.3 is 5.32 Å². The minimum atomic E-state index is -4.02. The highest BCUT2D eigenvalue weighted by Gasteiger charge is 2.27. The van der Waals surface area contributed by atoms with Crippen molar-refractivity contribution >= 4 is 47.6 Å². The van der Waals surface area contributed by atoms with E-state index in [1.807, 2.05) is 31.2 Å². The van der Waals surface area contributed by atoms with E-state index in [9.17, 15) is 21.6 Å². The largest absolute Gasteiger partial charge is 0.325 e. The Balaban J connectivity index is 1.92. The van der Waals surface area contributed by atoms with Crippen molar-refractivity contribution < 1.29 is 21.6 Å². The lowest BCUT2D eigenvalue weighted by Gasteiger charge is -2.22. The molecule has 192 valence electrons. The molecule has 3 aromatic rings. The molecular weight excluding hydrogens is 566 g/mol. The lowest BCUT2D eigenvalue weighted by atomic mass is 10.1. The van der Waals surface area contributed by atoms with Crippen LogP contribution in [-0.2, 0) is 31.4 Å². The number of hydrogen-bond acceptors (Lipinski definition) is 5. The van der Waals surface area contributed by atoms with Gasteiger partial charge in [-0.05, 0) is 61.4 Å². The predicted molar refractivity (Wildman–Crippen MR) is 144 cm³/mol. The highest BCUT2D eigenvalue weighted by atomic mass is 79.9. The van der Waals surface area contributed by atoms with Crippen LogP contribution in [0, 0.1) is 13.8 Å². The Morgan fingerprint density at radius 1 is 0.833 bits per heavy atom. The summed E-state index contributed by atoms with van der Waals surface area (Å²) in [7, 11) is -4.89. The molecule has 0 spiro atoms. The molecule has 0 aromatic heterocycles. The summed E-state index contributed by atoms with van der Waals surface area (Å²) in [5.74, 6) is -0.592. The molecule has 1 amide bonds. The zero-order chi connectivity index (χ0) is 26.7. The van der Waals surface area contributed by atoms with Crippen LogP contribution >= 0.6 is 15.9 Å². The summed E-state index contributed by atoms with van der Waals surface area (Å²) in [6.07, 6.45) is 0. The third-order valence-electron chi connectivity index (χ3n) is 5.51. The van der Waals surface area contributed by atoms with E-state index in [0.717, 1.165) is 24.2 Å². The Kier molecular flexibility index (Phi) is 8.73. The van der Waals surface area contributed by atoms with Gasteiger partial charge in [0.1, 0.15) is 0 Å². The molecule has 0 radical (unpaired) electrons. The second-order valence-corrected chi connectivity index (χ2v) is 13.5. The molecule has 1 N–H and O–H groups in total. The van der Waals surface area contributed by atoms with E-state index < -0.39 is 32.5 Å². The number of carbonyl (C=O) groups excluding carboxylic acids is 1. The first-order valence-corrected chi connectivity index (χ1v) is 14.6. The number of amides is 1. The third kappa shape index (κ3) is 6.60. The Morgan fingerprint density at radius 3 is 2.00 bits per heavy atom. The van der Waals surface area contributed by atoms with Crippen molar-refractivity contribution in [3.63, 3.8) is 0 Å². The molecule has 0 unspecified atom stereocenters. The summed E-state index contributed by atoms with van der Waals surface area (Å²) >= 11 is 3.30. The van der Waals surface area contributed by atoms with Crippen LogP contribution < -0.4 is 5.32 Å². The van der Waals surface area contributed by atoms with E-state index in [4.69, 9.17) is 0 Å². The van der Waals surface area contributed by atoms with Gasteiger partial charge in [-0.2, -0.15) is 4.31 Å². The molecule has 0 saturated heterocycles. The maximum Gasteiger partial charge on any atom is 0.243 e. The van der Waals surface area contributed by atoms with Gasteiger partial charge in [0, 0.05) is 30.8 Å². The molecule has 0 bridgehead atoms. The van der Waals surface area contributed by atoms with Crippen LogP contribution in [0.3, 0.4) is 0 Å². The highest BCUT2D eigenvalue weighted by Crippen LogP contribution is 2.24. The topological polar surface area (TPSA) is 104 Å². The van der Waals surface area contributed by atoms with Crippen LogP contribution in [0.2, 0.25) is 0 Å². The Hall–Kier alpha value is -2.57. The highest BCUT2D eigenvalue weighted by molar-refractivity contribution is 9.10. The maximum absolute atomic E-state index is 13.5. The van der Waals surface area contributed by atoms with E-state index >= 15 is 0 Å². The number of benzene rings is 3. The summed E-state index contributed by atoms with van der Waals surface area (Å²) in [6, 6.07) is 18.0. The molecule has 11 heteroatoms. The van der Waals surface area contributed by atoms with Crippen LogP contribution in [0.15, 0.2) is 81.0 Å². The van der Waals surface area contributed by atoms with E-state index in [2.05, 4.69) is 21.2 Å². The lowest BCUT2D eigenvalue weighted by Crippen LogP contribution is -2.37. The maximum atomic E-state index is 13.5. The number of anilines is 1. The van der Waals surface area contributed by atoms with Crippen molar-refractivity contribution in [1.29, 1.82) is 0 Å². The van der Waals surface area contributed by atoms with Gasteiger partial charge in [-0.3, -0.25) is 4.79 Å². The number of nitrogens with one attached hydrogen (secondary N) is 1. The molecule has 0 fully saturated rings. The zero-order valence-corrected chi connectivity index (χ0v) is 23.6. The minimum absolute atomic E-state index is 0.0138. The minimum Gasteiger partial charge on any atom is -0.325 e. The molecule has 0 heterocycles. The van der Waals surface area contributed by atoms with Gasteiger partial charge in [-0.1, -0.05) is 51.8 Å². The number of rotatable bonds is 9. The molecule has 0 aliphatic rings. The van der Waals surface area contributed by atoms with Gasteiger partial charge >= 0.3 is 0 Å². The van der Waals surface area contributed by atoms with Crippen LogP contribution in [0.5, 0.6) is 0 Å². The van der Waals surface area contributed by atoms with E-state index in [1.165, 1.54) is 38.4 Å². The Bertz CT molecular complexity index is 1450. The molecular formula is C25H28BrN3O5S2. The normalized spacial score (nSPS) is 12.2. The number of sulfonamides is 2. The molecule has 3 rings (SSSR count).